The lowest BCUT2D eigenvalue weighted by molar-refractivity contribution is -0.160. The van der Waals surface area contributed by atoms with Gasteiger partial charge in [0.1, 0.15) is 12.6 Å². The molecular weight excluding hydrogens is 685 g/mol. The Balaban J connectivity index is 4.69. The SMILES string of the molecule is CC/C=C\C/C=C\C/C=C\C/C=C\C/C=C\CC(=O)OC(COC(=O)CCCCC/C=C\C/C=C\C/C=C\CC)COP(=O)(O)OCC(N)C(=O)O. The largest absolute Gasteiger partial charge is 0.480 e. The molecule has 292 valence electrons. The summed E-state index contributed by atoms with van der Waals surface area (Å²) in [6.45, 7) is 2.39. The Hall–Kier alpha value is -3.60. The van der Waals surface area contributed by atoms with E-state index in [1.807, 2.05) is 12.2 Å². The van der Waals surface area contributed by atoms with Crippen LogP contribution in [0, 0.1) is 0 Å². The number of hydrogen-bond donors (Lipinski definition) is 3. The lowest BCUT2D eigenvalue weighted by Gasteiger charge is -2.20. The molecule has 0 saturated heterocycles. The highest BCUT2D eigenvalue weighted by Gasteiger charge is 2.28. The van der Waals surface area contributed by atoms with Crippen LogP contribution in [0.2, 0.25) is 0 Å². The van der Waals surface area contributed by atoms with Gasteiger partial charge >= 0.3 is 25.7 Å². The third-order valence-electron chi connectivity index (χ3n) is 6.86. The van der Waals surface area contributed by atoms with Gasteiger partial charge in [-0.05, 0) is 70.6 Å². The number of allylic oxidation sites excluding steroid dienone is 15. The normalized spacial score (nSPS) is 15.0. The lowest BCUT2D eigenvalue weighted by Crippen LogP contribution is -2.34. The molecule has 0 aromatic carbocycles. The minimum absolute atomic E-state index is 0.0836. The molecule has 52 heavy (non-hydrogen) atoms. The number of unbranched alkanes of at least 4 members (excludes halogenated alkanes) is 3. The first kappa shape index (κ1) is 48.4. The number of hydrogen-bond acceptors (Lipinski definition) is 9. The minimum Gasteiger partial charge on any atom is -0.480 e. The summed E-state index contributed by atoms with van der Waals surface area (Å²) in [7, 11) is -4.75. The van der Waals surface area contributed by atoms with Crippen LogP contribution in [0.4, 0.5) is 0 Å². The molecule has 0 aromatic heterocycles. The van der Waals surface area contributed by atoms with E-state index in [4.69, 9.17) is 24.8 Å². The molecule has 0 aliphatic heterocycles. The second-order valence-electron chi connectivity index (χ2n) is 11.6. The fourth-order valence-corrected chi connectivity index (χ4v) is 4.81. The maximum absolute atomic E-state index is 12.5. The zero-order valence-corrected chi connectivity index (χ0v) is 32.0. The van der Waals surface area contributed by atoms with Gasteiger partial charge in [0.15, 0.2) is 6.10 Å². The number of carboxylic acid groups (broad SMARTS) is 1. The van der Waals surface area contributed by atoms with Crippen molar-refractivity contribution in [3.05, 3.63) is 97.2 Å². The molecule has 0 rings (SSSR count). The molecule has 0 heterocycles. The maximum Gasteiger partial charge on any atom is 0.472 e. The first-order valence-corrected chi connectivity index (χ1v) is 19.8. The van der Waals surface area contributed by atoms with Crippen LogP contribution in [0.3, 0.4) is 0 Å². The van der Waals surface area contributed by atoms with Gasteiger partial charge in [-0.15, -0.1) is 0 Å². The van der Waals surface area contributed by atoms with Crippen molar-refractivity contribution in [1.82, 2.24) is 0 Å². The van der Waals surface area contributed by atoms with Crippen molar-refractivity contribution >= 4 is 25.7 Å². The molecule has 0 aliphatic carbocycles. The van der Waals surface area contributed by atoms with E-state index in [1.165, 1.54) is 0 Å². The van der Waals surface area contributed by atoms with Gasteiger partial charge < -0.3 is 25.2 Å². The van der Waals surface area contributed by atoms with Crippen LogP contribution >= 0.6 is 7.82 Å². The monoisotopic (exact) mass is 747 g/mol. The minimum atomic E-state index is -4.75. The quantitative estimate of drug-likeness (QED) is 0.0260. The number of phosphoric acid groups is 1. The molecule has 3 unspecified atom stereocenters. The molecule has 0 aliphatic rings. The highest BCUT2D eigenvalue weighted by Crippen LogP contribution is 2.43. The van der Waals surface area contributed by atoms with Crippen LogP contribution in [0.5, 0.6) is 0 Å². The Kier molecular flexibility index (Phi) is 32.1. The predicted molar refractivity (Wildman–Crippen MR) is 207 cm³/mol. The summed E-state index contributed by atoms with van der Waals surface area (Å²) >= 11 is 0. The van der Waals surface area contributed by atoms with Crippen molar-refractivity contribution in [2.45, 2.75) is 116 Å². The van der Waals surface area contributed by atoms with E-state index >= 15 is 0 Å². The average molecular weight is 748 g/mol. The van der Waals surface area contributed by atoms with Crippen molar-refractivity contribution in [1.29, 1.82) is 0 Å². The van der Waals surface area contributed by atoms with Gasteiger partial charge in [-0.2, -0.15) is 0 Å². The number of carboxylic acids is 1. The van der Waals surface area contributed by atoms with Gasteiger partial charge in [-0.3, -0.25) is 23.4 Å². The molecule has 12 heteroatoms. The number of rotatable bonds is 32. The van der Waals surface area contributed by atoms with Crippen LogP contribution < -0.4 is 5.73 Å². The molecule has 0 saturated carbocycles. The number of esters is 2. The summed E-state index contributed by atoms with van der Waals surface area (Å²) < 4.78 is 32.4. The topological polar surface area (TPSA) is 172 Å². The molecule has 0 radical (unpaired) electrons. The van der Waals surface area contributed by atoms with Gasteiger partial charge in [-0.25, -0.2) is 4.57 Å². The second kappa shape index (κ2) is 34.5. The number of carbonyl (C=O) groups is 3. The fourth-order valence-electron chi connectivity index (χ4n) is 4.03. The Morgan fingerprint density at radius 2 is 1.08 bits per heavy atom. The van der Waals surface area contributed by atoms with Gasteiger partial charge in [0.25, 0.3) is 0 Å². The Morgan fingerprint density at radius 1 is 0.615 bits per heavy atom. The van der Waals surface area contributed by atoms with Gasteiger partial charge in [-0.1, -0.05) is 117 Å². The van der Waals surface area contributed by atoms with Crippen LogP contribution in [0.25, 0.3) is 0 Å². The summed E-state index contributed by atoms with van der Waals surface area (Å²) in [5, 5.41) is 8.85. The first-order valence-electron chi connectivity index (χ1n) is 18.3. The summed E-state index contributed by atoms with van der Waals surface area (Å²) in [6, 6.07) is -1.54. The highest BCUT2D eigenvalue weighted by atomic mass is 31.2. The standard InChI is InChI=1S/C40H62NO10P/c1-3-5-7-9-11-13-15-17-18-20-22-24-26-28-30-32-39(43)51-36(34-49-52(46,47)50-35-37(41)40(44)45)33-48-38(42)31-29-27-25-23-21-19-16-14-12-10-8-6-4-2/h5-8,11-14,17-19,21-22,24,28,30,36-37H,3-4,9-10,15-16,20,23,25-27,29,31-35,41H2,1-2H3,(H,44,45)(H,46,47)/b7-5-,8-6-,13-11-,14-12-,18-17-,21-19-,24-22-,30-28-. The van der Waals surface area contributed by atoms with Crippen molar-refractivity contribution in [3.63, 3.8) is 0 Å². The average Bonchev–Trinajstić information content (AvgIpc) is 3.12. The van der Waals surface area contributed by atoms with Crippen LogP contribution in [-0.2, 0) is 37.5 Å². The zero-order valence-electron chi connectivity index (χ0n) is 31.1. The van der Waals surface area contributed by atoms with E-state index in [0.29, 0.717) is 12.8 Å². The molecule has 0 amide bonds. The zero-order chi connectivity index (χ0) is 38.5. The molecule has 3 atom stereocenters. The number of phosphoric ester groups is 1. The molecule has 0 aromatic rings. The van der Waals surface area contributed by atoms with Crippen molar-refractivity contribution < 1.29 is 47.5 Å². The smallest absolute Gasteiger partial charge is 0.472 e. The third kappa shape index (κ3) is 33.5. The molecule has 4 N–H and O–H groups in total. The van der Waals surface area contributed by atoms with Crippen molar-refractivity contribution in [2.24, 2.45) is 5.73 Å². The molecule has 11 nitrogen and oxygen atoms in total. The van der Waals surface area contributed by atoms with E-state index < -0.39 is 57.7 Å². The predicted octanol–water partition coefficient (Wildman–Crippen LogP) is 8.94. The Bertz CT molecular complexity index is 1250. The summed E-state index contributed by atoms with van der Waals surface area (Å²) in [5.74, 6) is -2.60. The van der Waals surface area contributed by atoms with Crippen molar-refractivity contribution in [2.75, 3.05) is 19.8 Å². The van der Waals surface area contributed by atoms with E-state index in [2.05, 4.69) is 91.3 Å². The molecule has 0 spiro atoms. The van der Waals surface area contributed by atoms with E-state index in [9.17, 15) is 23.8 Å². The lowest BCUT2D eigenvalue weighted by atomic mass is 10.1. The van der Waals surface area contributed by atoms with Crippen molar-refractivity contribution in [3.8, 4) is 0 Å². The number of carbonyl (C=O) groups excluding carboxylic acids is 2. The van der Waals surface area contributed by atoms with E-state index in [1.54, 1.807) is 12.2 Å². The summed E-state index contributed by atoms with van der Waals surface area (Å²) in [4.78, 5) is 45.6. The summed E-state index contributed by atoms with van der Waals surface area (Å²) in [5.41, 5.74) is 5.30. The third-order valence-corrected chi connectivity index (χ3v) is 7.81. The summed E-state index contributed by atoms with van der Waals surface area (Å²) in [6.07, 6.45) is 42.3. The number of ether oxygens (including phenoxy) is 2. The van der Waals surface area contributed by atoms with E-state index in [-0.39, 0.29) is 12.8 Å². The van der Waals surface area contributed by atoms with Crippen LogP contribution in [-0.4, -0.2) is 59.9 Å². The fraction of sp³-hybridized carbons (Fsp3) is 0.525. The van der Waals surface area contributed by atoms with E-state index in [0.717, 1.165) is 64.2 Å². The second-order valence-corrected chi connectivity index (χ2v) is 13.1. The Labute approximate surface area is 311 Å². The Morgan fingerprint density at radius 3 is 1.58 bits per heavy atom. The highest BCUT2D eigenvalue weighted by molar-refractivity contribution is 7.47. The maximum atomic E-state index is 12.5. The van der Waals surface area contributed by atoms with Gasteiger partial charge in [0.2, 0.25) is 0 Å². The number of aliphatic carboxylic acids is 1. The van der Waals surface area contributed by atoms with Crippen LogP contribution in [0.15, 0.2) is 97.2 Å². The molecule has 0 fully saturated rings. The first-order chi connectivity index (χ1) is 25.1. The molecular formula is C40H62NO10P. The van der Waals surface area contributed by atoms with Gasteiger partial charge in [0, 0.05) is 6.42 Å². The van der Waals surface area contributed by atoms with Gasteiger partial charge in [0.05, 0.1) is 19.6 Å². The number of nitrogens with two attached hydrogens (primary N) is 1. The van der Waals surface area contributed by atoms with Crippen LogP contribution in [0.1, 0.15) is 104 Å². The molecule has 0 bridgehead atoms.